The fraction of sp³-hybridized carbons (Fsp3) is 0.0870. The SMILES string of the molecule is Cc1ncc(-c2ccc3[nH]nc(-c4nc5nccc(-c6ccccc6F)c5[nH]4)c3n2)n1C. The van der Waals surface area contributed by atoms with Crippen LogP contribution < -0.4 is 0 Å². The highest BCUT2D eigenvalue weighted by Gasteiger charge is 2.18. The van der Waals surface area contributed by atoms with Crippen LogP contribution in [0.4, 0.5) is 4.39 Å². The van der Waals surface area contributed by atoms with E-state index in [4.69, 9.17) is 4.98 Å². The summed E-state index contributed by atoms with van der Waals surface area (Å²) >= 11 is 0. The standard InChI is InChI=1S/C23H17FN8/c1-12-26-11-18(32(12)2)16-7-8-17-20(27-16)21(31-30-17)23-28-19-14(9-10-25-22(19)29-23)13-5-3-4-6-15(13)24/h3-11H,1-2H3,(H,30,31)(H,25,28,29). The molecule has 0 spiro atoms. The van der Waals surface area contributed by atoms with Gasteiger partial charge in [0, 0.05) is 24.4 Å². The summed E-state index contributed by atoms with van der Waals surface area (Å²) in [4.78, 5) is 21.4. The molecule has 0 amide bonds. The summed E-state index contributed by atoms with van der Waals surface area (Å²) < 4.78 is 16.4. The Morgan fingerprint density at radius 2 is 1.84 bits per heavy atom. The maximum absolute atomic E-state index is 14.4. The third-order valence-electron chi connectivity index (χ3n) is 5.67. The Hall–Kier alpha value is -4.40. The Morgan fingerprint density at radius 1 is 0.969 bits per heavy atom. The fourth-order valence-electron chi connectivity index (χ4n) is 3.87. The molecule has 9 heteroatoms. The van der Waals surface area contributed by atoms with Gasteiger partial charge in [-0.2, -0.15) is 5.10 Å². The molecular formula is C23H17FN8. The number of H-pyrrole nitrogens is 2. The second kappa shape index (κ2) is 6.81. The lowest BCUT2D eigenvalue weighted by Crippen LogP contribution is -1.96. The summed E-state index contributed by atoms with van der Waals surface area (Å²) in [5.41, 5.74) is 6.00. The third kappa shape index (κ3) is 2.71. The van der Waals surface area contributed by atoms with E-state index in [1.54, 1.807) is 36.7 Å². The average Bonchev–Trinajstić information content (AvgIpc) is 3.50. The summed E-state index contributed by atoms with van der Waals surface area (Å²) in [7, 11) is 1.95. The molecule has 0 radical (unpaired) electrons. The van der Waals surface area contributed by atoms with Crippen molar-refractivity contribution in [2.75, 3.05) is 0 Å². The van der Waals surface area contributed by atoms with E-state index >= 15 is 0 Å². The van der Waals surface area contributed by atoms with Crippen molar-refractivity contribution in [3.63, 3.8) is 0 Å². The van der Waals surface area contributed by atoms with E-state index in [0.717, 1.165) is 22.7 Å². The van der Waals surface area contributed by atoms with E-state index < -0.39 is 0 Å². The highest BCUT2D eigenvalue weighted by Crippen LogP contribution is 2.32. The molecule has 156 valence electrons. The molecule has 0 aliphatic carbocycles. The quantitative estimate of drug-likeness (QED) is 0.438. The van der Waals surface area contributed by atoms with E-state index in [9.17, 15) is 4.39 Å². The van der Waals surface area contributed by atoms with Gasteiger partial charge in [-0.15, -0.1) is 0 Å². The zero-order chi connectivity index (χ0) is 21.8. The zero-order valence-corrected chi connectivity index (χ0v) is 17.3. The van der Waals surface area contributed by atoms with E-state index in [0.29, 0.717) is 39.3 Å². The van der Waals surface area contributed by atoms with Crippen LogP contribution in [0.3, 0.4) is 0 Å². The Bertz CT molecular complexity index is 1620. The minimum atomic E-state index is -0.306. The largest absolute Gasteiger partial charge is 0.335 e. The van der Waals surface area contributed by atoms with Crippen molar-refractivity contribution < 1.29 is 4.39 Å². The maximum Gasteiger partial charge on any atom is 0.178 e. The summed E-state index contributed by atoms with van der Waals surface area (Å²) in [6, 6.07) is 12.3. The second-order valence-electron chi connectivity index (χ2n) is 7.54. The number of fused-ring (bicyclic) bond motifs is 2. The van der Waals surface area contributed by atoms with Gasteiger partial charge in [-0.3, -0.25) is 5.10 Å². The van der Waals surface area contributed by atoms with Crippen LogP contribution in [0.5, 0.6) is 0 Å². The smallest absolute Gasteiger partial charge is 0.178 e. The van der Waals surface area contributed by atoms with Crippen LogP contribution in [0.15, 0.2) is 54.9 Å². The Morgan fingerprint density at radius 3 is 2.66 bits per heavy atom. The van der Waals surface area contributed by atoms with Crippen molar-refractivity contribution in [3.8, 4) is 34.0 Å². The number of pyridine rings is 2. The molecule has 0 atom stereocenters. The predicted octanol–water partition coefficient (Wildman–Crippen LogP) is 4.41. The normalized spacial score (nSPS) is 11.6. The Kier molecular flexibility index (Phi) is 3.91. The number of aromatic amines is 2. The van der Waals surface area contributed by atoms with Gasteiger partial charge >= 0.3 is 0 Å². The van der Waals surface area contributed by atoms with Gasteiger partial charge in [0.25, 0.3) is 0 Å². The third-order valence-corrected chi connectivity index (χ3v) is 5.67. The molecule has 0 fully saturated rings. The molecule has 1 aromatic carbocycles. The van der Waals surface area contributed by atoms with Gasteiger partial charge in [0.1, 0.15) is 17.2 Å². The van der Waals surface area contributed by atoms with E-state index in [-0.39, 0.29) is 5.82 Å². The molecule has 32 heavy (non-hydrogen) atoms. The van der Waals surface area contributed by atoms with Gasteiger partial charge < -0.3 is 9.55 Å². The molecule has 0 aliphatic rings. The summed E-state index contributed by atoms with van der Waals surface area (Å²) in [6.07, 6.45) is 3.42. The highest BCUT2D eigenvalue weighted by molar-refractivity contribution is 5.94. The van der Waals surface area contributed by atoms with Crippen molar-refractivity contribution in [2.24, 2.45) is 7.05 Å². The number of nitrogens with zero attached hydrogens (tertiary/aromatic N) is 6. The zero-order valence-electron chi connectivity index (χ0n) is 17.3. The van der Waals surface area contributed by atoms with Crippen LogP contribution in [0.1, 0.15) is 5.82 Å². The van der Waals surface area contributed by atoms with Gasteiger partial charge in [-0.05, 0) is 31.2 Å². The average molecular weight is 424 g/mol. The Balaban J connectivity index is 1.53. The molecule has 0 unspecified atom stereocenters. The van der Waals surface area contributed by atoms with E-state index in [1.807, 2.05) is 30.7 Å². The number of nitrogens with one attached hydrogen (secondary N) is 2. The molecule has 6 aromatic rings. The van der Waals surface area contributed by atoms with Gasteiger partial charge in [0.15, 0.2) is 17.2 Å². The maximum atomic E-state index is 14.4. The van der Waals surface area contributed by atoms with Gasteiger partial charge in [-0.1, -0.05) is 18.2 Å². The van der Waals surface area contributed by atoms with Crippen molar-refractivity contribution in [1.82, 2.24) is 39.7 Å². The molecule has 2 N–H and O–H groups in total. The van der Waals surface area contributed by atoms with Crippen molar-refractivity contribution in [3.05, 3.63) is 66.5 Å². The number of hydrogen-bond acceptors (Lipinski definition) is 5. The number of aromatic nitrogens is 8. The number of hydrogen-bond donors (Lipinski definition) is 2. The number of benzene rings is 1. The molecular weight excluding hydrogens is 407 g/mol. The number of imidazole rings is 2. The number of rotatable bonds is 3. The van der Waals surface area contributed by atoms with Crippen LogP contribution in [0, 0.1) is 12.7 Å². The van der Waals surface area contributed by atoms with Crippen LogP contribution in [-0.2, 0) is 7.05 Å². The second-order valence-corrected chi connectivity index (χ2v) is 7.54. The first kappa shape index (κ1) is 18.4. The van der Waals surface area contributed by atoms with Gasteiger partial charge in [0.2, 0.25) is 0 Å². The summed E-state index contributed by atoms with van der Waals surface area (Å²) in [6.45, 7) is 1.94. The monoisotopic (exact) mass is 424 g/mol. The molecule has 0 bridgehead atoms. The van der Waals surface area contributed by atoms with Crippen LogP contribution in [-0.4, -0.2) is 39.7 Å². The molecule has 0 saturated carbocycles. The first-order valence-electron chi connectivity index (χ1n) is 10.0. The van der Waals surface area contributed by atoms with Crippen LogP contribution >= 0.6 is 0 Å². The molecule has 5 aromatic heterocycles. The molecule has 5 heterocycles. The lowest BCUT2D eigenvalue weighted by Gasteiger charge is -2.04. The van der Waals surface area contributed by atoms with Gasteiger partial charge in [0.05, 0.1) is 28.6 Å². The highest BCUT2D eigenvalue weighted by atomic mass is 19.1. The minimum Gasteiger partial charge on any atom is -0.335 e. The lowest BCUT2D eigenvalue weighted by molar-refractivity contribution is 0.631. The molecule has 0 aliphatic heterocycles. The first-order valence-corrected chi connectivity index (χ1v) is 10.0. The topological polar surface area (TPSA) is 101 Å². The summed E-state index contributed by atoms with van der Waals surface area (Å²) in [5.74, 6) is 1.10. The van der Waals surface area contributed by atoms with Crippen molar-refractivity contribution in [1.29, 1.82) is 0 Å². The van der Waals surface area contributed by atoms with Crippen LogP contribution in [0.2, 0.25) is 0 Å². The van der Waals surface area contributed by atoms with Crippen LogP contribution in [0.25, 0.3) is 56.2 Å². The molecule has 0 saturated heterocycles. The summed E-state index contributed by atoms with van der Waals surface area (Å²) in [5, 5.41) is 7.45. The number of aryl methyl sites for hydroxylation is 1. The molecule has 6 rings (SSSR count). The first-order chi connectivity index (χ1) is 15.6. The minimum absolute atomic E-state index is 0.306. The van der Waals surface area contributed by atoms with Gasteiger partial charge in [-0.25, -0.2) is 24.3 Å². The predicted molar refractivity (Wildman–Crippen MR) is 119 cm³/mol. The molecule has 8 nitrogen and oxygen atoms in total. The Labute approximate surface area is 181 Å². The lowest BCUT2D eigenvalue weighted by atomic mass is 10.1. The van der Waals surface area contributed by atoms with Crippen molar-refractivity contribution in [2.45, 2.75) is 6.92 Å². The van der Waals surface area contributed by atoms with E-state index in [1.165, 1.54) is 6.07 Å². The van der Waals surface area contributed by atoms with E-state index in [2.05, 4.69) is 30.1 Å². The fourth-order valence-corrected chi connectivity index (χ4v) is 3.87. The van der Waals surface area contributed by atoms with Crippen molar-refractivity contribution >= 4 is 22.2 Å². The number of halogens is 1.